The van der Waals surface area contributed by atoms with E-state index in [0.717, 1.165) is 12.0 Å². The van der Waals surface area contributed by atoms with Crippen molar-refractivity contribution in [2.24, 2.45) is 0 Å². The highest BCUT2D eigenvalue weighted by atomic mass is 32.2. The summed E-state index contributed by atoms with van der Waals surface area (Å²) in [5, 5.41) is 7.00. The topological polar surface area (TPSA) is 71.4 Å². The number of benzene rings is 1. The molecule has 1 amide bonds. The molecule has 1 saturated heterocycles. The Balaban J connectivity index is 1.44. The van der Waals surface area contributed by atoms with Crippen molar-refractivity contribution in [2.45, 2.75) is 25.3 Å². The van der Waals surface area contributed by atoms with Crippen LogP contribution in [-0.2, 0) is 14.8 Å². The van der Waals surface area contributed by atoms with Gasteiger partial charge in [-0.3, -0.25) is 9.10 Å². The first-order chi connectivity index (χ1) is 14.0. The first-order valence-electron chi connectivity index (χ1n) is 9.58. The minimum Gasteiger partial charge on any atom is -0.346 e. The van der Waals surface area contributed by atoms with E-state index in [2.05, 4.69) is 10.7 Å². The zero-order valence-electron chi connectivity index (χ0n) is 15.9. The van der Waals surface area contributed by atoms with Crippen molar-refractivity contribution in [1.82, 2.24) is 4.57 Å². The van der Waals surface area contributed by atoms with Gasteiger partial charge in [-0.1, -0.05) is 0 Å². The molecule has 0 saturated carbocycles. The fraction of sp³-hybridized carbons (Fsp3) is 0.286. The number of amides is 1. The lowest BCUT2D eigenvalue weighted by Crippen LogP contribution is -2.37. The molecule has 8 heteroatoms. The predicted molar refractivity (Wildman–Crippen MR) is 117 cm³/mol. The van der Waals surface area contributed by atoms with Crippen LogP contribution >= 0.6 is 11.3 Å². The molecule has 1 aliphatic rings. The molecule has 0 aliphatic carbocycles. The minimum absolute atomic E-state index is 0.0611. The molecule has 1 aromatic carbocycles. The van der Waals surface area contributed by atoms with E-state index >= 15 is 0 Å². The predicted octanol–water partition coefficient (Wildman–Crippen LogP) is 4.10. The molecule has 29 heavy (non-hydrogen) atoms. The van der Waals surface area contributed by atoms with E-state index in [0.29, 0.717) is 30.8 Å². The molecular weight excluding hydrogens is 406 g/mol. The third kappa shape index (κ3) is 4.54. The van der Waals surface area contributed by atoms with Crippen LogP contribution in [0.25, 0.3) is 0 Å². The number of nitrogens with one attached hydrogen (secondary N) is 1. The molecule has 0 bridgehead atoms. The number of nitrogens with zero attached hydrogens (tertiary/aromatic N) is 2. The van der Waals surface area contributed by atoms with Crippen molar-refractivity contribution >= 4 is 38.6 Å². The highest BCUT2D eigenvalue weighted by Gasteiger charge is 2.26. The van der Waals surface area contributed by atoms with Gasteiger partial charge in [0, 0.05) is 24.6 Å². The Labute approximate surface area is 174 Å². The third-order valence-corrected chi connectivity index (χ3v) is 7.65. The lowest BCUT2D eigenvalue weighted by atomic mass is 10.1. The second-order valence-electron chi connectivity index (χ2n) is 7.10. The highest BCUT2D eigenvalue weighted by Crippen LogP contribution is 2.27. The molecule has 2 aromatic heterocycles. The Kier molecular flexibility index (Phi) is 5.73. The van der Waals surface area contributed by atoms with Crippen molar-refractivity contribution in [2.75, 3.05) is 21.9 Å². The molecule has 1 N–H and O–H groups in total. The normalized spacial score (nSPS) is 17.0. The molecule has 3 heterocycles. The number of hydrogen-bond acceptors (Lipinski definition) is 4. The number of aromatic nitrogens is 1. The van der Waals surface area contributed by atoms with Crippen molar-refractivity contribution < 1.29 is 13.2 Å². The van der Waals surface area contributed by atoms with Gasteiger partial charge in [-0.05, 0) is 71.6 Å². The Morgan fingerprint density at radius 3 is 2.52 bits per heavy atom. The third-order valence-electron chi connectivity index (χ3n) is 5.08. The van der Waals surface area contributed by atoms with Crippen LogP contribution in [0, 0.1) is 0 Å². The van der Waals surface area contributed by atoms with Gasteiger partial charge in [-0.15, -0.1) is 0 Å². The van der Waals surface area contributed by atoms with E-state index < -0.39 is 10.0 Å². The molecule has 1 aliphatic heterocycles. The summed E-state index contributed by atoms with van der Waals surface area (Å²) in [6.07, 6.45) is 5.81. The van der Waals surface area contributed by atoms with Crippen LogP contribution < -0.4 is 9.62 Å². The summed E-state index contributed by atoms with van der Waals surface area (Å²) in [4.78, 5) is 12.7. The van der Waals surface area contributed by atoms with E-state index in [4.69, 9.17) is 0 Å². The highest BCUT2D eigenvalue weighted by molar-refractivity contribution is 7.92. The van der Waals surface area contributed by atoms with Gasteiger partial charge in [0.05, 0.1) is 23.9 Å². The van der Waals surface area contributed by atoms with Crippen molar-refractivity contribution in [3.8, 4) is 0 Å². The molecule has 1 fully saturated rings. The molecule has 0 spiro atoms. The van der Waals surface area contributed by atoms with Crippen LogP contribution in [0.1, 0.15) is 30.9 Å². The zero-order chi connectivity index (χ0) is 20.3. The van der Waals surface area contributed by atoms with Gasteiger partial charge in [0.2, 0.25) is 15.9 Å². The monoisotopic (exact) mass is 429 g/mol. The van der Waals surface area contributed by atoms with Crippen LogP contribution in [0.3, 0.4) is 0 Å². The average molecular weight is 430 g/mol. The minimum atomic E-state index is -3.23. The smallest absolute Gasteiger partial charge is 0.235 e. The average Bonchev–Trinajstić information content (AvgIpc) is 3.41. The van der Waals surface area contributed by atoms with E-state index in [1.807, 2.05) is 40.5 Å². The molecule has 6 nitrogen and oxygen atoms in total. The lowest BCUT2D eigenvalue weighted by Gasteiger charge is -2.28. The van der Waals surface area contributed by atoms with Gasteiger partial charge in [-0.2, -0.15) is 11.3 Å². The quantitative estimate of drug-likeness (QED) is 0.641. The standard InChI is InChI=1S/C21H23N3O3S2/c25-21(15-20(17-9-13-28-16-17)23-10-1-2-11-23)22-18-5-7-19(8-6-18)24-12-3-4-14-29(24,26)27/h1-2,5-11,13,16,20H,3-4,12,14-15H2,(H,22,25)/t20-/m0/s1. The van der Waals surface area contributed by atoms with Gasteiger partial charge in [0.1, 0.15) is 0 Å². The Bertz CT molecular complexity index is 1010. The largest absolute Gasteiger partial charge is 0.346 e. The summed E-state index contributed by atoms with van der Waals surface area (Å²) in [7, 11) is -3.23. The summed E-state index contributed by atoms with van der Waals surface area (Å²) in [6.45, 7) is 0.507. The number of sulfonamides is 1. The fourth-order valence-electron chi connectivity index (χ4n) is 3.59. The first-order valence-corrected chi connectivity index (χ1v) is 12.1. The summed E-state index contributed by atoms with van der Waals surface area (Å²) in [5.74, 6) is 0.0997. The van der Waals surface area contributed by atoms with Gasteiger partial charge in [-0.25, -0.2) is 8.42 Å². The molecule has 4 rings (SSSR count). The summed E-state index contributed by atoms with van der Waals surface area (Å²) < 4.78 is 28.0. The van der Waals surface area contributed by atoms with Crippen molar-refractivity contribution in [1.29, 1.82) is 0 Å². The molecule has 0 radical (unpaired) electrons. The Morgan fingerprint density at radius 1 is 1.10 bits per heavy atom. The van der Waals surface area contributed by atoms with Crippen LogP contribution in [0.15, 0.2) is 65.6 Å². The van der Waals surface area contributed by atoms with Crippen LogP contribution in [0.2, 0.25) is 0 Å². The second kappa shape index (κ2) is 8.42. The van der Waals surface area contributed by atoms with Crippen molar-refractivity contribution in [3.63, 3.8) is 0 Å². The molecular formula is C21H23N3O3S2. The number of thiophene rings is 1. The number of carbonyl (C=O) groups is 1. The van der Waals surface area contributed by atoms with Crippen LogP contribution in [0.5, 0.6) is 0 Å². The lowest BCUT2D eigenvalue weighted by molar-refractivity contribution is -0.116. The summed E-state index contributed by atoms with van der Waals surface area (Å²) in [5.41, 5.74) is 2.41. The number of rotatable bonds is 6. The zero-order valence-corrected chi connectivity index (χ0v) is 17.5. The van der Waals surface area contributed by atoms with Crippen LogP contribution in [-0.4, -0.2) is 31.2 Å². The maximum atomic E-state index is 12.7. The van der Waals surface area contributed by atoms with Gasteiger partial charge in [0.15, 0.2) is 0 Å². The van der Waals surface area contributed by atoms with E-state index in [-0.39, 0.29) is 17.7 Å². The van der Waals surface area contributed by atoms with E-state index in [9.17, 15) is 13.2 Å². The van der Waals surface area contributed by atoms with Gasteiger partial charge < -0.3 is 9.88 Å². The van der Waals surface area contributed by atoms with Gasteiger partial charge >= 0.3 is 0 Å². The maximum Gasteiger partial charge on any atom is 0.235 e. The van der Waals surface area contributed by atoms with E-state index in [1.54, 1.807) is 35.6 Å². The van der Waals surface area contributed by atoms with Crippen LogP contribution in [0.4, 0.5) is 11.4 Å². The summed E-state index contributed by atoms with van der Waals surface area (Å²) in [6, 6.07) is 12.9. The Morgan fingerprint density at radius 2 is 1.86 bits per heavy atom. The SMILES string of the molecule is O=C(C[C@@H](c1ccsc1)n1cccc1)Nc1ccc(N2CCCCS2(=O)=O)cc1. The second-order valence-corrected chi connectivity index (χ2v) is 9.89. The van der Waals surface area contributed by atoms with Crippen molar-refractivity contribution in [3.05, 3.63) is 71.2 Å². The van der Waals surface area contributed by atoms with E-state index in [1.165, 1.54) is 4.31 Å². The summed E-state index contributed by atoms with van der Waals surface area (Å²) >= 11 is 1.61. The number of anilines is 2. The Hall–Kier alpha value is -2.58. The molecule has 1 atom stereocenters. The number of hydrogen-bond donors (Lipinski definition) is 1. The molecule has 3 aromatic rings. The van der Waals surface area contributed by atoms with Gasteiger partial charge in [0.25, 0.3) is 0 Å². The maximum absolute atomic E-state index is 12.7. The first kappa shape index (κ1) is 19.7. The molecule has 0 unspecified atom stereocenters. The molecule has 152 valence electrons. The fourth-order valence-corrected chi connectivity index (χ4v) is 5.94. The number of carbonyl (C=O) groups excluding carboxylic acids is 1.